The topological polar surface area (TPSA) is 0 Å². The first-order valence-electron chi connectivity index (χ1n) is 4.88. The number of fused-ring (bicyclic) bond motifs is 1. The van der Waals surface area contributed by atoms with Gasteiger partial charge in [-0.15, -0.1) is 0 Å². The number of rotatable bonds is 2. The van der Waals surface area contributed by atoms with Crippen LogP contribution in [0.1, 0.15) is 23.6 Å². The quantitative estimate of drug-likeness (QED) is 0.597. The fourth-order valence-corrected chi connectivity index (χ4v) is 2.09. The third kappa shape index (κ3) is 1.43. The predicted octanol–water partition coefficient (Wildman–Crippen LogP) is 2.90. The number of hydrogen-bond donors (Lipinski definition) is 0. The van der Waals surface area contributed by atoms with Gasteiger partial charge in [0.2, 0.25) is 0 Å². The molecule has 0 N–H and O–H groups in total. The zero-order valence-electron chi connectivity index (χ0n) is 8.30. The average molecular weight is 169 g/mol. The lowest BCUT2D eigenvalue weighted by Crippen LogP contribution is -1.97. The van der Waals surface area contributed by atoms with Crippen LogP contribution in [0.3, 0.4) is 0 Å². The molecule has 0 amide bonds. The Labute approximate surface area is 80.9 Å². The Morgan fingerprint density at radius 2 is 2.23 bits per heavy atom. The fourth-order valence-electron chi connectivity index (χ4n) is 2.09. The molecule has 2 rings (SSSR count). The molecular weight excluding hydrogens is 155 g/mol. The molecule has 0 atom stereocenters. The Bertz CT molecular complexity index is 350. The molecule has 0 saturated heterocycles. The summed E-state index contributed by atoms with van der Waals surface area (Å²) in [5.74, 6) is 0. The summed E-state index contributed by atoms with van der Waals surface area (Å²) in [6.45, 7) is 4.33. The van der Waals surface area contributed by atoms with Crippen molar-refractivity contribution in [1.82, 2.24) is 0 Å². The third-order valence-corrected chi connectivity index (χ3v) is 2.68. The van der Waals surface area contributed by atoms with E-state index in [0.29, 0.717) is 0 Å². The summed E-state index contributed by atoms with van der Waals surface area (Å²) < 4.78 is 0. The molecule has 0 aliphatic heterocycles. The molecule has 1 aromatic carbocycles. The average Bonchev–Trinajstić information content (AvgIpc) is 2.50. The molecule has 0 unspecified atom stereocenters. The Morgan fingerprint density at radius 3 is 3.00 bits per heavy atom. The zero-order chi connectivity index (χ0) is 9.26. The summed E-state index contributed by atoms with van der Waals surface area (Å²) in [7, 11) is 2.22. The summed E-state index contributed by atoms with van der Waals surface area (Å²) in [5, 5.41) is 0. The lowest BCUT2D eigenvalue weighted by atomic mass is 9.73. The fraction of sp³-hybridized carbons (Fsp3) is 0.333. The highest BCUT2D eigenvalue weighted by molar-refractivity contribution is 6.33. The van der Waals surface area contributed by atoms with Crippen LogP contribution in [-0.4, -0.2) is 7.28 Å². The second kappa shape index (κ2) is 3.41. The Balaban J connectivity index is 2.47. The molecule has 1 heteroatoms. The van der Waals surface area contributed by atoms with Crippen LogP contribution in [-0.2, 0) is 12.7 Å². The summed E-state index contributed by atoms with van der Waals surface area (Å²) in [5.41, 5.74) is 5.93. The smallest absolute Gasteiger partial charge is 0.0917 e. The third-order valence-electron chi connectivity index (χ3n) is 2.68. The van der Waals surface area contributed by atoms with Crippen molar-refractivity contribution in [2.24, 2.45) is 0 Å². The van der Waals surface area contributed by atoms with Crippen molar-refractivity contribution >= 4 is 12.9 Å². The highest BCUT2D eigenvalue weighted by atomic mass is 14.2. The van der Waals surface area contributed by atoms with Gasteiger partial charge < -0.3 is 0 Å². The van der Waals surface area contributed by atoms with Crippen molar-refractivity contribution < 1.29 is 0 Å². The van der Waals surface area contributed by atoms with E-state index < -0.39 is 0 Å². The molecule has 0 nitrogen and oxygen atoms in total. The largest absolute Gasteiger partial charge is 0.111 e. The van der Waals surface area contributed by atoms with E-state index >= 15 is 0 Å². The standard InChI is InChI=1S/C12H14B/c1-9-6-7-10-4-3-5-11(8-13-2)12(9)10/h3-6H,7-8H2,1-2H3. The molecule has 0 fully saturated rings. The van der Waals surface area contributed by atoms with E-state index in [9.17, 15) is 0 Å². The van der Waals surface area contributed by atoms with Crippen molar-refractivity contribution in [2.75, 3.05) is 0 Å². The first kappa shape index (κ1) is 8.62. The van der Waals surface area contributed by atoms with Gasteiger partial charge in [-0.2, -0.15) is 0 Å². The molecule has 1 radical (unpaired) electrons. The van der Waals surface area contributed by atoms with Crippen LogP contribution in [0.5, 0.6) is 0 Å². The SMILES string of the molecule is C[B]Cc1cccc2c1C(C)=CC2. The highest BCUT2D eigenvalue weighted by Crippen LogP contribution is 2.29. The van der Waals surface area contributed by atoms with Gasteiger partial charge in [-0.3, -0.25) is 0 Å². The van der Waals surface area contributed by atoms with Crippen LogP contribution in [0.25, 0.3) is 5.57 Å². The highest BCUT2D eigenvalue weighted by Gasteiger charge is 2.13. The molecule has 1 aromatic rings. The Hall–Kier alpha value is -0.975. The molecule has 0 saturated carbocycles. The summed E-state index contributed by atoms with van der Waals surface area (Å²) in [6.07, 6.45) is 4.54. The van der Waals surface area contributed by atoms with E-state index in [0.717, 1.165) is 12.7 Å². The van der Waals surface area contributed by atoms with E-state index in [-0.39, 0.29) is 0 Å². The van der Waals surface area contributed by atoms with Gasteiger partial charge in [0.25, 0.3) is 0 Å². The lowest BCUT2D eigenvalue weighted by Gasteiger charge is -2.08. The number of hydrogen-bond acceptors (Lipinski definition) is 0. The molecule has 0 spiro atoms. The van der Waals surface area contributed by atoms with Gasteiger partial charge in [0.1, 0.15) is 7.28 Å². The van der Waals surface area contributed by atoms with E-state index in [1.54, 1.807) is 0 Å². The van der Waals surface area contributed by atoms with Gasteiger partial charge in [-0.25, -0.2) is 0 Å². The lowest BCUT2D eigenvalue weighted by molar-refractivity contribution is 1.26. The molecule has 1 aliphatic rings. The minimum atomic E-state index is 1.09. The van der Waals surface area contributed by atoms with E-state index in [1.807, 2.05) is 0 Å². The van der Waals surface area contributed by atoms with Crippen molar-refractivity contribution in [3.8, 4) is 0 Å². The maximum Gasteiger partial charge on any atom is 0.111 e. The number of benzene rings is 1. The van der Waals surface area contributed by atoms with Crippen LogP contribution in [0.2, 0.25) is 6.82 Å². The molecule has 0 aromatic heterocycles. The molecule has 1 aliphatic carbocycles. The summed E-state index contributed by atoms with van der Waals surface area (Å²) >= 11 is 0. The first-order chi connectivity index (χ1) is 6.33. The van der Waals surface area contributed by atoms with E-state index in [1.165, 1.54) is 22.3 Å². The normalized spacial score (nSPS) is 13.8. The van der Waals surface area contributed by atoms with Gasteiger partial charge in [0, 0.05) is 0 Å². The minimum Gasteiger partial charge on any atom is -0.0917 e. The maximum absolute atomic E-state index is 2.32. The molecule has 13 heavy (non-hydrogen) atoms. The molecular formula is C12H14B. The van der Waals surface area contributed by atoms with Crippen LogP contribution in [0.4, 0.5) is 0 Å². The van der Waals surface area contributed by atoms with Crippen LogP contribution >= 0.6 is 0 Å². The summed E-state index contributed by atoms with van der Waals surface area (Å²) in [4.78, 5) is 0. The second-order valence-corrected chi connectivity index (χ2v) is 3.65. The minimum absolute atomic E-state index is 1.09. The van der Waals surface area contributed by atoms with Gasteiger partial charge in [-0.1, -0.05) is 37.4 Å². The van der Waals surface area contributed by atoms with Crippen molar-refractivity contribution in [2.45, 2.75) is 26.5 Å². The van der Waals surface area contributed by atoms with Gasteiger partial charge in [0.15, 0.2) is 0 Å². The van der Waals surface area contributed by atoms with Crippen molar-refractivity contribution in [3.63, 3.8) is 0 Å². The van der Waals surface area contributed by atoms with Gasteiger partial charge >= 0.3 is 0 Å². The number of allylic oxidation sites excluding steroid dienone is 2. The monoisotopic (exact) mass is 169 g/mol. The molecule has 0 heterocycles. The molecule has 65 valence electrons. The molecule has 0 bridgehead atoms. The maximum atomic E-state index is 2.32. The van der Waals surface area contributed by atoms with Crippen LogP contribution < -0.4 is 0 Å². The van der Waals surface area contributed by atoms with Gasteiger partial charge in [0.05, 0.1) is 0 Å². The van der Waals surface area contributed by atoms with Gasteiger partial charge in [-0.05, 0) is 35.6 Å². The first-order valence-corrected chi connectivity index (χ1v) is 4.88. The van der Waals surface area contributed by atoms with E-state index in [4.69, 9.17) is 0 Å². The van der Waals surface area contributed by atoms with Crippen LogP contribution in [0, 0.1) is 0 Å². The zero-order valence-corrected chi connectivity index (χ0v) is 8.30. The van der Waals surface area contributed by atoms with Crippen molar-refractivity contribution in [3.05, 3.63) is 41.0 Å². The Kier molecular flexibility index (Phi) is 2.26. The van der Waals surface area contributed by atoms with E-state index in [2.05, 4.69) is 45.3 Å². The van der Waals surface area contributed by atoms with Crippen LogP contribution in [0.15, 0.2) is 24.3 Å². The predicted molar refractivity (Wildman–Crippen MR) is 59.1 cm³/mol. The Morgan fingerprint density at radius 1 is 1.38 bits per heavy atom. The van der Waals surface area contributed by atoms with Crippen molar-refractivity contribution in [1.29, 1.82) is 0 Å². The summed E-state index contributed by atoms with van der Waals surface area (Å²) in [6, 6.07) is 6.65. The second-order valence-electron chi connectivity index (χ2n) is 3.65.